The van der Waals surface area contributed by atoms with Gasteiger partial charge >= 0.3 is 11.8 Å². The topological polar surface area (TPSA) is 71.1 Å². The molecule has 21 heavy (non-hydrogen) atoms. The van der Waals surface area contributed by atoms with Crippen molar-refractivity contribution < 1.29 is 9.59 Å². The van der Waals surface area contributed by atoms with E-state index >= 15 is 0 Å². The van der Waals surface area contributed by atoms with Crippen LogP contribution in [0.3, 0.4) is 0 Å². The predicted molar refractivity (Wildman–Crippen MR) is 80.6 cm³/mol. The molecule has 2 N–H and O–H groups in total. The third-order valence-corrected chi connectivity index (χ3v) is 3.01. The maximum Gasteiger partial charge on any atom is 0.314 e. The smallest absolute Gasteiger partial charge is 0.314 e. The fourth-order valence-electron chi connectivity index (χ4n) is 1.80. The van der Waals surface area contributed by atoms with E-state index in [0.717, 1.165) is 11.1 Å². The Morgan fingerprint density at radius 1 is 1.05 bits per heavy atom. The summed E-state index contributed by atoms with van der Waals surface area (Å²) in [5, 5.41) is 5.11. The molecule has 1 atom stereocenters. The van der Waals surface area contributed by atoms with Crippen molar-refractivity contribution in [1.82, 2.24) is 10.3 Å². The van der Waals surface area contributed by atoms with Gasteiger partial charge in [-0.2, -0.15) is 0 Å². The van der Waals surface area contributed by atoms with Crippen LogP contribution in [0.4, 0.5) is 5.82 Å². The number of nitrogens with zero attached hydrogens (tertiary/aromatic N) is 1. The van der Waals surface area contributed by atoms with Crippen LogP contribution in [-0.2, 0) is 9.59 Å². The van der Waals surface area contributed by atoms with E-state index in [2.05, 4.69) is 15.6 Å². The number of pyridine rings is 1. The minimum Gasteiger partial charge on any atom is -0.341 e. The highest BCUT2D eigenvalue weighted by Crippen LogP contribution is 2.11. The molecule has 0 aliphatic heterocycles. The van der Waals surface area contributed by atoms with Crippen molar-refractivity contribution in [2.24, 2.45) is 0 Å². The highest BCUT2D eigenvalue weighted by molar-refractivity contribution is 6.39. The van der Waals surface area contributed by atoms with Gasteiger partial charge in [-0.15, -0.1) is 0 Å². The van der Waals surface area contributed by atoms with Gasteiger partial charge in [0.2, 0.25) is 0 Å². The Kier molecular flexibility index (Phi) is 4.66. The number of anilines is 1. The number of rotatable bonds is 3. The summed E-state index contributed by atoms with van der Waals surface area (Å²) in [7, 11) is 0. The van der Waals surface area contributed by atoms with Crippen molar-refractivity contribution in [3.63, 3.8) is 0 Å². The SMILES string of the molecule is Cc1ccc(NC(=O)C(=O)NC(C)c2ccccc2)nc1. The molecule has 108 valence electrons. The van der Waals surface area contributed by atoms with Crippen LogP contribution < -0.4 is 10.6 Å². The normalized spacial score (nSPS) is 11.5. The number of carbonyl (C=O) groups excluding carboxylic acids is 2. The first kappa shape index (κ1) is 14.7. The van der Waals surface area contributed by atoms with Crippen molar-refractivity contribution >= 4 is 17.6 Å². The number of amides is 2. The molecular formula is C16H17N3O2. The lowest BCUT2D eigenvalue weighted by atomic mass is 10.1. The molecule has 2 amide bonds. The van der Waals surface area contributed by atoms with E-state index in [-0.39, 0.29) is 6.04 Å². The van der Waals surface area contributed by atoms with Crippen LogP contribution in [0, 0.1) is 6.92 Å². The molecular weight excluding hydrogens is 266 g/mol. The average Bonchev–Trinajstić information content (AvgIpc) is 2.50. The van der Waals surface area contributed by atoms with E-state index in [1.807, 2.05) is 50.2 Å². The molecule has 2 aromatic rings. The predicted octanol–water partition coefficient (Wildman–Crippen LogP) is 2.21. The van der Waals surface area contributed by atoms with Gasteiger partial charge in [0.1, 0.15) is 5.82 Å². The highest BCUT2D eigenvalue weighted by atomic mass is 16.2. The third kappa shape index (κ3) is 4.14. The number of nitrogens with one attached hydrogen (secondary N) is 2. The van der Waals surface area contributed by atoms with Gasteiger partial charge in [0, 0.05) is 6.20 Å². The van der Waals surface area contributed by atoms with Gasteiger partial charge in [-0.25, -0.2) is 4.98 Å². The molecule has 0 saturated heterocycles. The molecule has 1 aromatic carbocycles. The summed E-state index contributed by atoms with van der Waals surface area (Å²) < 4.78 is 0. The molecule has 2 rings (SSSR count). The fourth-order valence-corrected chi connectivity index (χ4v) is 1.80. The monoisotopic (exact) mass is 283 g/mol. The summed E-state index contributed by atoms with van der Waals surface area (Å²) in [6.07, 6.45) is 1.63. The molecule has 0 radical (unpaired) electrons. The average molecular weight is 283 g/mol. The number of carbonyl (C=O) groups is 2. The Labute approximate surface area is 123 Å². The summed E-state index contributed by atoms with van der Waals surface area (Å²) in [6, 6.07) is 12.7. The minimum absolute atomic E-state index is 0.240. The number of hydrogen-bond acceptors (Lipinski definition) is 3. The molecule has 0 aliphatic rings. The van der Waals surface area contributed by atoms with E-state index < -0.39 is 11.8 Å². The Morgan fingerprint density at radius 3 is 2.38 bits per heavy atom. The van der Waals surface area contributed by atoms with Crippen LogP contribution in [-0.4, -0.2) is 16.8 Å². The Hall–Kier alpha value is -2.69. The molecule has 0 fully saturated rings. The summed E-state index contributed by atoms with van der Waals surface area (Å²) in [5.41, 5.74) is 1.92. The molecule has 0 saturated carbocycles. The van der Waals surface area contributed by atoms with Gasteiger partial charge in [-0.3, -0.25) is 9.59 Å². The molecule has 0 aliphatic carbocycles. The molecule has 5 nitrogen and oxygen atoms in total. The Bertz CT molecular complexity index is 624. The van der Waals surface area contributed by atoms with Crippen LogP contribution in [0.25, 0.3) is 0 Å². The minimum atomic E-state index is -0.728. The summed E-state index contributed by atoms with van der Waals surface area (Å²) in [6.45, 7) is 3.72. The summed E-state index contributed by atoms with van der Waals surface area (Å²) in [4.78, 5) is 27.7. The second-order valence-electron chi connectivity index (χ2n) is 4.78. The second-order valence-corrected chi connectivity index (χ2v) is 4.78. The number of aryl methyl sites for hydroxylation is 1. The summed E-state index contributed by atoms with van der Waals surface area (Å²) in [5.74, 6) is -1.06. The van der Waals surface area contributed by atoms with Crippen LogP contribution in [0.15, 0.2) is 48.7 Å². The van der Waals surface area contributed by atoms with Crippen LogP contribution >= 0.6 is 0 Å². The zero-order chi connectivity index (χ0) is 15.2. The first-order valence-corrected chi connectivity index (χ1v) is 6.65. The largest absolute Gasteiger partial charge is 0.341 e. The Morgan fingerprint density at radius 2 is 1.76 bits per heavy atom. The van der Waals surface area contributed by atoms with Gasteiger partial charge in [-0.05, 0) is 31.0 Å². The van der Waals surface area contributed by atoms with Crippen LogP contribution in [0.5, 0.6) is 0 Å². The van der Waals surface area contributed by atoms with Crippen LogP contribution in [0.2, 0.25) is 0 Å². The van der Waals surface area contributed by atoms with Crippen molar-refractivity contribution in [1.29, 1.82) is 0 Å². The molecule has 1 unspecified atom stereocenters. The van der Waals surface area contributed by atoms with Crippen LogP contribution in [0.1, 0.15) is 24.1 Å². The first-order chi connectivity index (χ1) is 10.1. The fraction of sp³-hybridized carbons (Fsp3) is 0.188. The van der Waals surface area contributed by atoms with Crippen molar-refractivity contribution in [3.05, 3.63) is 59.8 Å². The molecule has 0 spiro atoms. The van der Waals surface area contributed by atoms with Gasteiger partial charge in [0.15, 0.2) is 0 Å². The quantitative estimate of drug-likeness (QED) is 0.848. The van der Waals surface area contributed by atoms with Gasteiger partial charge in [0.05, 0.1) is 6.04 Å². The molecule has 0 bridgehead atoms. The maximum atomic E-state index is 11.8. The number of aromatic nitrogens is 1. The second kappa shape index (κ2) is 6.65. The molecule has 1 aromatic heterocycles. The number of benzene rings is 1. The van der Waals surface area contributed by atoms with E-state index in [1.165, 1.54) is 0 Å². The summed E-state index contributed by atoms with van der Waals surface area (Å²) >= 11 is 0. The van der Waals surface area contributed by atoms with Crippen molar-refractivity contribution in [2.75, 3.05) is 5.32 Å². The van der Waals surface area contributed by atoms with E-state index in [4.69, 9.17) is 0 Å². The lowest BCUT2D eigenvalue weighted by Crippen LogP contribution is -2.37. The van der Waals surface area contributed by atoms with Crippen molar-refractivity contribution in [3.8, 4) is 0 Å². The zero-order valence-corrected chi connectivity index (χ0v) is 12.0. The van der Waals surface area contributed by atoms with Gasteiger partial charge < -0.3 is 10.6 Å². The number of hydrogen-bond donors (Lipinski definition) is 2. The van der Waals surface area contributed by atoms with Gasteiger partial charge in [-0.1, -0.05) is 36.4 Å². The third-order valence-electron chi connectivity index (χ3n) is 3.01. The maximum absolute atomic E-state index is 11.8. The van der Waals surface area contributed by atoms with E-state index in [1.54, 1.807) is 12.3 Å². The standard InChI is InChI=1S/C16H17N3O2/c1-11-8-9-14(17-10-11)19-16(21)15(20)18-12(2)13-6-4-3-5-7-13/h3-10,12H,1-2H3,(H,18,20)(H,17,19,21). The lowest BCUT2D eigenvalue weighted by Gasteiger charge is -2.13. The molecule has 1 heterocycles. The zero-order valence-electron chi connectivity index (χ0n) is 12.0. The Balaban J connectivity index is 1.93. The molecule has 5 heteroatoms. The first-order valence-electron chi connectivity index (χ1n) is 6.65. The van der Waals surface area contributed by atoms with Crippen molar-refractivity contribution in [2.45, 2.75) is 19.9 Å². The van der Waals surface area contributed by atoms with Gasteiger partial charge in [0.25, 0.3) is 0 Å². The van der Waals surface area contributed by atoms with E-state index in [9.17, 15) is 9.59 Å². The highest BCUT2D eigenvalue weighted by Gasteiger charge is 2.17. The van der Waals surface area contributed by atoms with E-state index in [0.29, 0.717) is 5.82 Å². The lowest BCUT2D eigenvalue weighted by molar-refractivity contribution is -0.136.